The first kappa shape index (κ1) is 14.9. The van der Waals surface area contributed by atoms with Gasteiger partial charge < -0.3 is 5.32 Å². The highest BCUT2D eigenvalue weighted by Gasteiger charge is 2.06. The van der Waals surface area contributed by atoms with Gasteiger partial charge in [0.05, 0.1) is 0 Å². The predicted octanol–water partition coefficient (Wildman–Crippen LogP) is 4.09. The van der Waals surface area contributed by atoms with Crippen molar-refractivity contribution < 1.29 is 13.2 Å². The normalized spacial score (nSPS) is 10.8. The summed E-state index contributed by atoms with van der Waals surface area (Å²) in [7, 11) is 0. The van der Waals surface area contributed by atoms with E-state index < -0.39 is 11.6 Å². The van der Waals surface area contributed by atoms with Gasteiger partial charge in [0.1, 0.15) is 17.5 Å². The van der Waals surface area contributed by atoms with Crippen LogP contribution in [0.3, 0.4) is 0 Å². The Bertz CT molecular complexity index is 561. The Hall–Kier alpha value is -1.52. The Kier molecular flexibility index (Phi) is 5.04. The number of rotatable bonds is 5. The van der Waals surface area contributed by atoms with Crippen LogP contribution in [-0.4, -0.2) is 6.54 Å². The Balaban J connectivity index is 1.88. The van der Waals surface area contributed by atoms with Crippen molar-refractivity contribution in [1.29, 1.82) is 0 Å². The van der Waals surface area contributed by atoms with Gasteiger partial charge in [0, 0.05) is 23.2 Å². The lowest BCUT2D eigenvalue weighted by molar-refractivity contribution is 0.574. The van der Waals surface area contributed by atoms with Crippen LogP contribution in [0.1, 0.15) is 11.1 Å². The molecule has 0 aliphatic rings. The third-order valence-electron chi connectivity index (χ3n) is 2.88. The molecule has 0 aliphatic carbocycles. The number of hydrogen-bond acceptors (Lipinski definition) is 1. The quantitative estimate of drug-likeness (QED) is 0.820. The van der Waals surface area contributed by atoms with Crippen LogP contribution in [0.2, 0.25) is 5.02 Å². The van der Waals surface area contributed by atoms with E-state index in [4.69, 9.17) is 11.6 Å². The van der Waals surface area contributed by atoms with Gasteiger partial charge in [0.15, 0.2) is 0 Å². The van der Waals surface area contributed by atoms with Gasteiger partial charge in [-0.3, -0.25) is 0 Å². The fraction of sp³-hybridized carbons (Fsp3) is 0.200. The van der Waals surface area contributed by atoms with Gasteiger partial charge in [-0.05, 0) is 42.8 Å². The highest BCUT2D eigenvalue weighted by atomic mass is 35.5. The topological polar surface area (TPSA) is 12.0 Å². The first-order valence-electron chi connectivity index (χ1n) is 6.15. The lowest BCUT2D eigenvalue weighted by Gasteiger charge is -2.08. The summed E-state index contributed by atoms with van der Waals surface area (Å²) in [4.78, 5) is 0. The van der Waals surface area contributed by atoms with Crippen LogP contribution in [0.5, 0.6) is 0 Å². The van der Waals surface area contributed by atoms with E-state index in [1.54, 1.807) is 6.07 Å². The molecule has 0 saturated heterocycles. The van der Waals surface area contributed by atoms with Crippen molar-refractivity contribution in [3.8, 4) is 0 Å². The van der Waals surface area contributed by atoms with E-state index in [2.05, 4.69) is 5.32 Å². The molecule has 106 valence electrons. The zero-order valence-corrected chi connectivity index (χ0v) is 11.4. The lowest BCUT2D eigenvalue weighted by Crippen LogP contribution is -2.18. The molecule has 0 atom stereocenters. The monoisotopic (exact) mass is 299 g/mol. The first-order chi connectivity index (χ1) is 9.56. The van der Waals surface area contributed by atoms with E-state index in [-0.39, 0.29) is 12.4 Å². The van der Waals surface area contributed by atoms with Crippen molar-refractivity contribution in [2.24, 2.45) is 0 Å². The van der Waals surface area contributed by atoms with Crippen molar-refractivity contribution in [3.05, 3.63) is 70.0 Å². The average molecular weight is 300 g/mol. The third kappa shape index (κ3) is 3.99. The molecule has 0 aromatic heterocycles. The minimum Gasteiger partial charge on any atom is -0.312 e. The molecule has 0 amide bonds. The Morgan fingerprint density at radius 3 is 2.35 bits per heavy atom. The molecule has 2 aromatic rings. The summed E-state index contributed by atoms with van der Waals surface area (Å²) in [5.74, 6) is -1.57. The van der Waals surface area contributed by atoms with Gasteiger partial charge in [-0.25, -0.2) is 13.2 Å². The van der Waals surface area contributed by atoms with Crippen molar-refractivity contribution >= 4 is 11.6 Å². The highest BCUT2D eigenvalue weighted by Crippen LogP contribution is 2.18. The maximum Gasteiger partial charge on any atom is 0.129 e. The van der Waals surface area contributed by atoms with Crippen molar-refractivity contribution in [2.45, 2.75) is 13.0 Å². The molecule has 20 heavy (non-hydrogen) atoms. The van der Waals surface area contributed by atoms with E-state index in [1.165, 1.54) is 24.3 Å². The molecule has 0 unspecified atom stereocenters. The molecule has 2 rings (SSSR count). The van der Waals surface area contributed by atoms with E-state index in [1.807, 2.05) is 0 Å². The molecule has 0 radical (unpaired) electrons. The fourth-order valence-electron chi connectivity index (χ4n) is 1.90. The largest absolute Gasteiger partial charge is 0.312 e. The molecule has 5 heteroatoms. The van der Waals surface area contributed by atoms with Crippen molar-refractivity contribution in [3.63, 3.8) is 0 Å². The lowest BCUT2D eigenvalue weighted by atomic mass is 10.1. The Labute approximate surface area is 120 Å². The van der Waals surface area contributed by atoms with E-state index in [0.29, 0.717) is 29.1 Å². The average Bonchev–Trinajstić information content (AvgIpc) is 2.36. The van der Waals surface area contributed by atoms with Gasteiger partial charge in [-0.15, -0.1) is 0 Å². The Morgan fingerprint density at radius 2 is 1.70 bits per heavy atom. The van der Waals surface area contributed by atoms with E-state index in [9.17, 15) is 13.2 Å². The second-order valence-corrected chi connectivity index (χ2v) is 4.81. The summed E-state index contributed by atoms with van der Waals surface area (Å²) < 4.78 is 39.4. The molecular formula is C15H13ClF3N. The van der Waals surface area contributed by atoms with Gasteiger partial charge in [-0.1, -0.05) is 17.7 Å². The van der Waals surface area contributed by atoms with Crippen LogP contribution in [0.15, 0.2) is 36.4 Å². The molecule has 1 N–H and O–H groups in total. The zero-order chi connectivity index (χ0) is 14.5. The van der Waals surface area contributed by atoms with Gasteiger partial charge in [0.25, 0.3) is 0 Å². The van der Waals surface area contributed by atoms with Crippen LogP contribution >= 0.6 is 11.6 Å². The van der Waals surface area contributed by atoms with Crippen LogP contribution in [0.25, 0.3) is 0 Å². The summed E-state index contributed by atoms with van der Waals surface area (Å²) in [6.45, 7) is 0.733. The Morgan fingerprint density at radius 1 is 1.00 bits per heavy atom. The van der Waals surface area contributed by atoms with Gasteiger partial charge in [-0.2, -0.15) is 0 Å². The maximum absolute atomic E-state index is 13.5. The summed E-state index contributed by atoms with van der Waals surface area (Å²) in [5.41, 5.74) is 0.939. The summed E-state index contributed by atoms with van der Waals surface area (Å²) in [6, 6.07) is 7.88. The van der Waals surface area contributed by atoms with E-state index >= 15 is 0 Å². The summed E-state index contributed by atoms with van der Waals surface area (Å²) in [6.07, 6.45) is 0.445. The molecule has 0 spiro atoms. The highest BCUT2D eigenvalue weighted by molar-refractivity contribution is 6.31. The third-order valence-corrected chi connectivity index (χ3v) is 3.23. The molecule has 0 heterocycles. The molecule has 0 bridgehead atoms. The number of nitrogens with one attached hydrogen (secondary N) is 1. The maximum atomic E-state index is 13.5. The van der Waals surface area contributed by atoms with Crippen molar-refractivity contribution in [1.82, 2.24) is 5.32 Å². The standard InChI is InChI=1S/C15H13ClF3N/c16-14-2-1-3-15(19)13(14)9-20-5-4-10-6-11(17)8-12(18)7-10/h1-3,6-8,20H,4-5,9H2. The fourth-order valence-corrected chi connectivity index (χ4v) is 2.13. The first-order valence-corrected chi connectivity index (χ1v) is 6.52. The molecule has 0 fully saturated rings. The van der Waals surface area contributed by atoms with Crippen LogP contribution in [0.4, 0.5) is 13.2 Å². The molecular weight excluding hydrogens is 287 g/mol. The second-order valence-electron chi connectivity index (χ2n) is 4.40. The number of benzene rings is 2. The minimum absolute atomic E-state index is 0.267. The number of halogens is 4. The molecule has 2 aromatic carbocycles. The smallest absolute Gasteiger partial charge is 0.129 e. The minimum atomic E-state index is -0.600. The van der Waals surface area contributed by atoms with Gasteiger partial charge >= 0.3 is 0 Å². The summed E-state index contributed by atoms with van der Waals surface area (Å²) >= 11 is 5.89. The molecule has 0 saturated carbocycles. The number of hydrogen-bond donors (Lipinski definition) is 1. The van der Waals surface area contributed by atoms with Crippen molar-refractivity contribution in [2.75, 3.05) is 6.54 Å². The van der Waals surface area contributed by atoms with Crippen LogP contribution in [0, 0.1) is 17.5 Å². The zero-order valence-electron chi connectivity index (χ0n) is 10.6. The van der Waals surface area contributed by atoms with E-state index in [0.717, 1.165) is 6.07 Å². The summed E-state index contributed by atoms with van der Waals surface area (Å²) in [5, 5.41) is 3.36. The predicted molar refractivity (Wildman–Crippen MR) is 73.2 cm³/mol. The molecule has 1 nitrogen and oxygen atoms in total. The van der Waals surface area contributed by atoms with Gasteiger partial charge in [0.2, 0.25) is 0 Å². The van der Waals surface area contributed by atoms with Crippen LogP contribution < -0.4 is 5.32 Å². The SMILES string of the molecule is Fc1cc(F)cc(CCNCc2c(F)cccc2Cl)c1. The molecule has 0 aliphatic heterocycles. The van der Waals surface area contributed by atoms with Crippen LogP contribution in [-0.2, 0) is 13.0 Å². The second kappa shape index (κ2) is 6.77.